The van der Waals surface area contributed by atoms with Gasteiger partial charge < -0.3 is 14.5 Å². The van der Waals surface area contributed by atoms with E-state index < -0.39 is 11.7 Å². The second kappa shape index (κ2) is 8.38. The van der Waals surface area contributed by atoms with E-state index in [1.54, 1.807) is 23.0 Å². The number of pyridine rings is 1. The van der Waals surface area contributed by atoms with Crippen molar-refractivity contribution in [2.75, 3.05) is 38.2 Å². The van der Waals surface area contributed by atoms with Gasteiger partial charge in [-0.25, -0.2) is 4.98 Å². The molecule has 1 aliphatic heterocycles. The molecular weight excluding hydrogens is 439 g/mol. The van der Waals surface area contributed by atoms with Crippen LogP contribution in [0.1, 0.15) is 11.1 Å². The van der Waals surface area contributed by atoms with Gasteiger partial charge in [0, 0.05) is 42.4 Å². The lowest BCUT2D eigenvalue weighted by atomic mass is 10.1. The van der Waals surface area contributed by atoms with E-state index in [-0.39, 0.29) is 18.1 Å². The Morgan fingerprint density at radius 3 is 2.57 bits per heavy atom. The topological polar surface area (TPSA) is 45.7 Å². The minimum atomic E-state index is -4.46. The number of hydrogen-bond donors (Lipinski definition) is 0. The van der Waals surface area contributed by atoms with Crippen LogP contribution in [0.2, 0.25) is 0 Å². The van der Waals surface area contributed by atoms with E-state index in [0.717, 1.165) is 16.1 Å². The predicted octanol–water partition coefficient (Wildman–Crippen LogP) is 3.76. The molecule has 1 saturated heterocycles. The molecule has 1 aromatic carbocycles. The SMILES string of the molecule is COc1ccc(Br)cc1CC(=O)N1CCN(c2ncccc2C(F)(F)F)CC1. The molecule has 1 aliphatic rings. The highest BCUT2D eigenvalue weighted by Gasteiger charge is 2.36. The maximum Gasteiger partial charge on any atom is 0.419 e. The second-order valence-corrected chi connectivity index (χ2v) is 7.29. The third-order valence-corrected chi connectivity index (χ3v) is 5.10. The van der Waals surface area contributed by atoms with Crippen molar-refractivity contribution >= 4 is 27.7 Å². The van der Waals surface area contributed by atoms with E-state index in [4.69, 9.17) is 4.74 Å². The van der Waals surface area contributed by atoms with Crippen molar-refractivity contribution in [3.05, 3.63) is 52.1 Å². The molecule has 1 fully saturated rings. The van der Waals surface area contributed by atoms with Gasteiger partial charge in [-0.2, -0.15) is 13.2 Å². The molecule has 3 rings (SSSR count). The Bertz CT molecular complexity index is 853. The van der Waals surface area contributed by atoms with Gasteiger partial charge in [0.25, 0.3) is 0 Å². The molecule has 5 nitrogen and oxygen atoms in total. The van der Waals surface area contributed by atoms with Gasteiger partial charge in [-0.05, 0) is 30.3 Å². The van der Waals surface area contributed by atoms with Crippen LogP contribution in [0.5, 0.6) is 5.75 Å². The van der Waals surface area contributed by atoms with Crippen molar-refractivity contribution < 1.29 is 22.7 Å². The molecule has 0 radical (unpaired) electrons. The second-order valence-electron chi connectivity index (χ2n) is 6.37. The van der Waals surface area contributed by atoms with Crippen molar-refractivity contribution in [2.24, 2.45) is 0 Å². The van der Waals surface area contributed by atoms with Crippen LogP contribution in [0.4, 0.5) is 19.0 Å². The zero-order chi connectivity index (χ0) is 20.3. The highest BCUT2D eigenvalue weighted by molar-refractivity contribution is 9.10. The van der Waals surface area contributed by atoms with Gasteiger partial charge >= 0.3 is 6.18 Å². The number of methoxy groups -OCH3 is 1. The molecule has 9 heteroatoms. The number of ether oxygens (including phenoxy) is 1. The summed E-state index contributed by atoms with van der Waals surface area (Å²) in [5.41, 5.74) is 0.00189. The van der Waals surface area contributed by atoms with Crippen molar-refractivity contribution in [1.82, 2.24) is 9.88 Å². The number of amides is 1. The molecular formula is C19H19BrF3N3O2. The molecule has 2 aromatic rings. The number of rotatable bonds is 4. The Labute approximate surface area is 169 Å². The minimum absolute atomic E-state index is 0.0873. The third-order valence-electron chi connectivity index (χ3n) is 4.61. The van der Waals surface area contributed by atoms with Crippen LogP contribution < -0.4 is 9.64 Å². The van der Waals surface area contributed by atoms with Crippen molar-refractivity contribution in [2.45, 2.75) is 12.6 Å². The van der Waals surface area contributed by atoms with Crippen LogP contribution in [-0.2, 0) is 17.4 Å². The van der Waals surface area contributed by atoms with Crippen LogP contribution in [0.15, 0.2) is 41.0 Å². The maximum absolute atomic E-state index is 13.2. The van der Waals surface area contributed by atoms with E-state index in [1.807, 2.05) is 12.1 Å². The smallest absolute Gasteiger partial charge is 0.419 e. The first-order valence-electron chi connectivity index (χ1n) is 8.67. The molecule has 28 heavy (non-hydrogen) atoms. The number of carbonyl (C=O) groups excluding carboxylic acids is 1. The normalized spacial score (nSPS) is 14.9. The zero-order valence-corrected chi connectivity index (χ0v) is 16.8. The Kier molecular flexibility index (Phi) is 6.12. The number of aromatic nitrogens is 1. The van der Waals surface area contributed by atoms with Gasteiger partial charge in [0.1, 0.15) is 11.6 Å². The number of halogens is 4. The third kappa shape index (κ3) is 4.57. The lowest BCUT2D eigenvalue weighted by Crippen LogP contribution is -2.49. The number of alkyl halides is 3. The zero-order valence-electron chi connectivity index (χ0n) is 15.2. The molecule has 2 heterocycles. The minimum Gasteiger partial charge on any atom is -0.496 e. The molecule has 0 aliphatic carbocycles. The molecule has 0 N–H and O–H groups in total. The average molecular weight is 458 g/mol. The van der Waals surface area contributed by atoms with Crippen molar-refractivity contribution in [3.63, 3.8) is 0 Å². The summed E-state index contributed by atoms with van der Waals surface area (Å²) in [4.78, 5) is 19.8. The lowest BCUT2D eigenvalue weighted by Gasteiger charge is -2.36. The Morgan fingerprint density at radius 1 is 1.21 bits per heavy atom. The van der Waals surface area contributed by atoms with Crippen LogP contribution in [0.25, 0.3) is 0 Å². The molecule has 1 amide bonds. The monoisotopic (exact) mass is 457 g/mol. The van der Waals surface area contributed by atoms with Gasteiger partial charge in [-0.3, -0.25) is 4.79 Å². The summed E-state index contributed by atoms with van der Waals surface area (Å²) >= 11 is 3.38. The fourth-order valence-electron chi connectivity index (χ4n) is 3.20. The number of anilines is 1. The summed E-state index contributed by atoms with van der Waals surface area (Å²) in [5.74, 6) is 0.447. The Morgan fingerprint density at radius 2 is 1.93 bits per heavy atom. The summed E-state index contributed by atoms with van der Waals surface area (Å²) in [6.07, 6.45) is -2.95. The van der Waals surface area contributed by atoms with E-state index in [2.05, 4.69) is 20.9 Å². The first kappa shape index (κ1) is 20.4. The van der Waals surface area contributed by atoms with Crippen molar-refractivity contribution in [3.8, 4) is 5.75 Å². The van der Waals surface area contributed by atoms with Gasteiger partial charge in [-0.1, -0.05) is 15.9 Å². The molecule has 150 valence electrons. The Hall–Kier alpha value is -2.29. The molecule has 0 bridgehead atoms. The summed E-state index contributed by atoms with van der Waals surface area (Å²) in [6, 6.07) is 7.74. The van der Waals surface area contributed by atoms with E-state index >= 15 is 0 Å². The van der Waals surface area contributed by atoms with Crippen molar-refractivity contribution in [1.29, 1.82) is 0 Å². The summed E-state index contributed by atoms with van der Waals surface area (Å²) in [6.45, 7) is 1.26. The Balaban J connectivity index is 1.66. The number of nitrogens with zero attached hydrogens (tertiary/aromatic N) is 3. The summed E-state index contributed by atoms with van der Waals surface area (Å²) in [5, 5.41) is 0. The molecule has 0 atom stereocenters. The van der Waals surface area contributed by atoms with E-state index in [0.29, 0.717) is 31.9 Å². The highest BCUT2D eigenvalue weighted by atomic mass is 79.9. The number of benzene rings is 1. The number of hydrogen-bond acceptors (Lipinski definition) is 4. The molecule has 1 aromatic heterocycles. The predicted molar refractivity (Wildman–Crippen MR) is 102 cm³/mol. The van der Waals surface area contributed by atoms with E-state index in [1.165, 1.54) is 12.3 Å². The first-order chi connectivity index (χ1) is 13.3. The fourth-order valence-corrected chi connectivity index (χ4v) is 3.61. The maximum atomic E-state index is 13.2. The lowest BCUT2D eigenvalue weighted by molar-refractivity contribution is -0.137. The van der Waals surface area contributed by atoms with Gasteiger partial charge in [0.2, 0.25) is 5.91 Å². The van der Waals surface area contributed by atoms with Crippen LogP contribution in [0, 0.1) is 0 Å². The van der Waals surface area contributed by atoms with Crippen LogP contribution in [-0.4, -0.2) is 49.1 Å². The molecule has 0 saturated carbocycles. The molecule has 0 unspecified atom stereocenters. The number of carbonyl (C=O) groups is 1. The largest absolute Gasteiger partial charge is 0.496 e. The van der Waals surface area contributed by atoms with E-state index in [9.17, 15) is 18.0 Å². The quantitative estimate of drug-likeness (QED) is 0.700. The molecule has 0 spiro atoms. The van der Waals surface area contributed by atoms with Gasteiger partial charge in [0.15, 0.2) is 0 Å². The first-order valence-corrected chi connectivity index (χ1v) is 9.46. The summed E-state index contributed by atoms with van der Waals surface area (Å²) < 4.78 is 45.8. The number of piperazine rings is 1. The highest BCUT2D eigenvalue weighted by Crippen LogP contribution is 2.35. The fraction of sp³-hybridized carbons (Fsp3) is 0.368. The standard InChI is InChI=1S/C19H19BrF3N3O2/c1-28-16-5-4-14(20)11-13(16)12-17(27)25-7-9-26(10-8-25)18-15(19(21,22)23)3-2-6-24-18/h2-6,11H,7-10,12H2,1H3. The summed E-state index contributed by atoms with van der Waals surface area (Å²) in [7, 11) is 1.54. The van der Waals surface area contributed by atoms with Gasteiger partial charge in [-0.15, -0.1) is 0 Å². The van der Waals surface area contributed by atoms with Crippen LogP contribution in [0.3, 0.4) is 0 Å². The average Bonchev–Trinajstić information content (AvgIpc) is 2.67. The van der Waals surface area contributed by atoms with Crippen LogP contribution >= 0.6 is 15.9 Å². The van der Waals surface area contributed by atoms with Gasteiger partial charge in [0.05, 0.1) is 19.1 Å².